The van der Waals surface area contributed by atoms with E-state index in [-0.39, 0.29) is 0 Å². The molecule has 1 N–H and O–H groups in total. The molecule has 2 saturated heterocycles. The monoisotopic (exact) mass is 348 g/mol. The van der Waals surface area contributed by atoms with Crippen LogP contribution in [-0.2, 0) is 4.79 Å². The topological polar surface area (TPSA) is 47.9 Å². The number of amides is 1. The minimum absolute atomic E-state index is 0.344. The van der Waals surface area contributed by atoms with Crippen LogP contribution in [0, 0.1) is 11.8 Å². The van der Waals surface area contributed by atoms with E-state index < -0.39 is 0 Å². The van der Waals surface area contributed by atoms with Crippen LogP contribution in [0.3, 0.4) is 0 Å². The number of nitrogens with one attached hydrogen (secondary N) is 1. The van der Waals surface area contributed by atoms with Gasteiger partial charge in [0.1, 0.15) is 0 Å². The quantitative estimate of drug-likeness (QED) is 0.472. The van der Waals surface area contributed by atoms with E-state index in [0.29, 0.717) is 5.91 Å². The Balaban J connectivity index is 1.48. The highest BCUT2D eigenvalue weighted by Crippen LogP contribution is 2.35. The summed E-state index contributed by atoms with van der Waals surface area (Å²) in [6.45, 7) is 8.06. The van der Waals surface area contributed by atoms with Crippen molar-refractivity contribution in [3.05, 3.63) is 0 Å². The summed E-state index contributed by atoms with van der Waals surface area (Å²) in [5, 5.41) is 3.49. The molecule has 1 amide bonds. The number of carbonyl (C=O) groups is 1. The number of nitrogens with zero attached hydrogens (tertiary/aromatic N) is 3. The van der Waals surface area contributed by atoms with Crippen LogP contribution < -0.4 is 5.32 Å². The molecule has 142 valence electrons. The first-order valence-electron chi connectivity index (χ1n) is 10.6. The van der Waals surface area contributed by atoms with Gasteiger partial charge in [-0.1, -0.05) is 19.3 Å². The van der Waals surface area contributed by atoms with Gasteiger partial charge in [0, 0.05) is 45.7 Å². The van der Waals surface area contributed by atoms with Crippen molar-refractivity contribution in [1.82, 2.24) is 15.1 Å². The Morgan fingerprint density at radius 2 is 1.88 bits per heavy atom. The molecule has 2 unspecified atom stereocenters. The molecular weight excluding hydrogens is 312 g/mol. The van der Waals surface area contributed by atoms with Crippen molar-refractivity contribution in [2.24, 2.45) is 16.8 Å². The Kier molecular flexibility index (Phi) is 7.00. The molecule has 3 aliphatic rings. The first-order chi connectivity index (χ1) is 12.3. The SMILES string of the molecule is CCNC(=NCCCN1CCCCCC1=O)N1CC2CCCCC2C1. The maximum atomic E-state index is 12.1. The molecule has 5 heteroatoms. The van der Waals surface area contributed by atoms with Crippen LogP contribution in [0.15, 0.2) is 4.99 Å². The second-order valence-electron chi connectivity index (χ2n) is 7.99. The van der Waals surface area contributed by atoms with Crippen molar-refractivity contribution in [2.45, 2.75) is 64.7 Å². The van der Waals surface area contributed by atoms with Gasteiger partial charge < -0.3 is 15.1 Å². The molecule has 25 heavy (non-hydrogen) atoms. The molecule has 0 aromatic carbocycles. The fourth-order valence-corrected chi connectivity index (χ4v) is 4.73. The third-order valence-electron chi connectivity index (χ3n) is 6.13. The standard InChI is InChI=1S/C20H36N4O/c1-2-21-20(24-15-17-9-5-6-10-18(17)16-24)22-12-8-14-23-13-7-3-4-11-19(23)25/h17-18H,2-16H2,1H3,(H,21,22). The normalized spacial score (nSPS) is 28.0. The second-order valence-corrected chi connectivity index (χ2v) is 7.99. The van der Waals surface area contributed by atoms with E-state index >= 15 is 0 Å². The van der Waals surface area contributed by atoms with Gasteiger partial charge in [-0.2, -0.15) is 0 Å². The zero-order valence-corrected chi connectivity index (χ0v) is 16.0. The van der Waals surface area contributed by atoms with Crippen molar-refractivity contribution >= 4 is 11.9 Å². The minimum Gasteiger partial charge on any atom is -0.357 e. The summed E-state index contributed by atoms with van der Waals surface area (Å²) in [5.41, 5.74) is 0. The molecule has 2 aliphatic heterocycles. The van der Waals surface area contributed by atoms with Crippen molar-refractivity contribution < 1.29 is 4.79 Å². The molecule has 3 rings (SSSR count). The first kappa shape index (κ1) is 18.5. The predicted molar refractivity (Wildman–Crippen MR) is 103 cm³/mol. The first-order valence-corrected chi connectivity index (χ1v) is 10.6. The van der Waals surface area contributed by atoms with E-state index in [1.807, 2.05) is 0 Å². The summed E-state index contributed by atoms with van der Waals surface area (Å²) in [6, 6.07) is 0. The van der Waals surface area contributed by atoms with Gasteiger partial charge in [0.2, 0.25) is 5.91 Å². The highest BCUT2D eigenvalue weighted by Gasteiger charge is 2.35. The molecule has 3 fully saturated rings. The van der Waals surface area contributed by atoms with Crippen LogP contribution in [0.2, 0.25) is 0 Å². The molecule has 0 aromatic rings. The van der Waals surface area contributed by atoms with Crippen LogP contribution >= 0.6 is 0 Å². The zero-order valence-electron chi connectivity index (χ0n) is 16.0. The summed E-state index contributed by atoms with van der Waals surface area (Å²) < 4.78 is 0. The zero-order chi connectivity index (χ0) is 17.5. The summed E-state index contributed by atoms with van der Waals surface area (Å²) in [4.78, 5) is 21.5. The average molecular weight is 349 g/mol. The van der Waals surface area contributed by atoms with Crippen LogP contribution in [0.25, 0.3) is 0 Å². The molecule has 2 atom stereocenters. The highest BCUT2D eigenvalue weighted by molar-refractivity contribution is 5.80. The van der Waals surface area contributed by atoms with Gasteiger partial charge in [0.25, 0.3) is 0 Å². The Bertz CT molecular complexity index is 451. The molecule has 0 radical (unpaired) electrons. The largest absolute Gasteiger partial charge is 0.357 e. The van der Waals surface area contributed by atoms with Gasteiger partial charge in [-0.3, -0.25) is 9.79 Å². The Hall–Kier alpha value is -1.26. The van der Waals surface area contributed by atoms with E-state index in [2.05, 4.69) is 22.0 Å². The van der Waals surface area contributed by atoms with E-state index in [1.165, 1.54) is 45.2 Å². The van der Waals surface area contributed by atoms with Gasteiger partial charge in [0.15, 0.2) is 5.96 Å². The van der Waals surface area contributed by atoms with Gasteiger partial charge >= 0.3 is 0 Å². The molecule has 1 aliphatic carbocycles. The summed E-state index contributed by atoms with van der Waals surface area (Å²) >= 11 is 0. The Morgan fingerprint density at radius 1 is 1.12 bits per heavy atom. The third kappa shape index (κ3) is 5.11. The van der Waals surface area contributed by atoms with Crippen molar-refractivity contribution in [3.63, 3.8) is 0 Å². The van der Waals surface area contributed by atoms with Crippen LogP contribution in [0.5, 0.6) is 0 Å². The maximum Gasteiger partial charge on any atom is 0.222 e. The fourth-order valence-electron chi connectivity index (χ4n) is 4.73. The molecule has 0 spiro atoms. The number of hydrogen-bond donors (Lipinski definition) is 1. The number of likely N-dealkylation sites (tertiary alicyclic amines) is 2. The van der Waals surface area contributed by atoms with Crippen molar-refractivity contribution in [2.75, 3.05) is 39.3 Å². The number of aliphatic imine (C=N–C) groups is 1. The van der Waals surface area contributed by atoms with Crippen LogP contribution in [0.4, 0.5) is 0 Å². The van der Waals surface area contributed by atoms with E-state index in [0.717, 1.165) is 69.7 Å². The average Bonchev–Trinajstić information content (AvgIpc) is 2.95. The van der Waals surface area contributed by atoms with Gasteiger partial charge in [-0.25, -0.2) is 0 Å². The Labute approximate surface area is 153 Å². The number of hydrogen-bond acceptors (Lipinski definition) is 2. The fraction of sp³-hybridized carbons (Fsp3) is 0.900. The number of fused-ring (bicyclic) bond motifs is 1. The molecule has 5 nitrogen and oxygen atoms in total. The summed E-state index contributed by atoms with van der Waals surface area (Å²) in [7, 11) is 0. The molecule has 2 heterocycles. The van der Waals surface area contributed by atoms with E-state index in [9.17, 15) is 4.79 Å². The smallest absolute Gasteiger partial charge is 0.222 e. The molecule has 0 bridgehead atoms. The van der Waals surface area contributed by atoms with Crippen LogP contribution in [-0.4, -0.2) is 60.9 Å². The lowest BCUT2D eigenvalue weighted by Crippen LogP contribution is -2.40. The van der Waals surface area contributed by atoms with Crippen molar-refractivity contribution in [3.8, 4) is 0 Å². The number of carbonyl (C=O) groups excluding carboxylic acids is 1. The highest BCUT2D eigenvalue weighted by atomic mass is 16.2. The van der Waals surface area contributed by atoms with Gasteiger partial charge in [0.05, 0.1) is 0 Å². The molecule has 0 aromatic heterocycles. The van der Waals surface area contributed by atoms with E-state index in [1.54, 1.807) is 0 Å². The third-order valence-corrected chi connectivity index (χ3v) is 6.13. The maximum absolute atomic E-state index is 12.1. The van der Waals surface area contributed by atoms with Gasteiger partial charge in [-0.15, -0.1) is 0 Å². The van der Waals surface area contributed by atoms with Crippen molar-refractivity contribution in [1.29, 1.82) is 0 Å². The molecule has 1 saturated carbocycles. The van der Waals surface area contributed by atoms with E-state index in [4.69, 9.17) is 4.99 Å². The predicted octanol–water partition coefficient (Wildman–Crippen LogP) is 2.87. The summed E-state index contributed by atoms with van der Waals surface area (Å²) in [5.74, 6) is 3.20. The second kappa shape index (κ2) is 9.44. The van der Waals surface area contributed by atoms with Crippen LogP contribution in [0.1, 0.15) is 64.7 Å². The number of rotatable bonds is 5. The minimum atomic E-state index is 0.344. The Morgan fingerprint density at radius 3 is 2.60 bits per heavy atom. The van der Waals surface area contributed by atoms with Gasteiger partial charge in [-0.05, 0) is 50.9 Å². The number of guanidine groups is 1. The lowest BCUT2D eigenvalue weighted by molar-refractivity contribution is -0.130. The summed E-state index contributed by atoms with van der Waals surface area (Å²) in [6.07, 6.45) is 10.8. The molecular formula is C20H36N4O. The lowest BCUT2D eigenvalue weighted by Gasteiger charge is -2.22. The lowest BCUT2D eigenvalue weighted by atomic mass is 9.82.